The van der Waals surface area contributed by atoms with Crippen LogP contribution in [0, 0.1) is 17.2 Å². The van der Waals surface area contributed by atoms with Gasteiger partial charge in [-0.3, -0.25) is 9.79 Å². The van der Waals surface area contributed by atoms with Gasteiger partial charge in [0.2, 0.25) is 0 Å². The number of ether oxygens (including phenoxy) is 1. The predicted octanol–water partition coefficient (Wildman–Crippen LogP) is 5.56. The van der Waals surface area contributed by atoms with Gasteiger partial charge in [0, 0.05) is 33.8 Å². The standard InChI is InChI=1S/C24H21BrN2O2/c1-14-20(13-26)23(16-3-7-18(25)8-4-16)24-21(27-14)11-17(12-22(24)28)15-5-9-19(29-2)10-6-15/h3-10,17,20,23H,11-12H2,1-2H3. The lowest BCUT2D eigenvalue weighted by Gasteiger charge is -2.35. The van der Waals surface area contributed by atoms with E-state index in [1.54, 1.807) is 7.11 Å². The van der Waals surface area contributed by atoms with Crippen molar-refractivity contribution in [2.45, 2.75) is 31.6 Å². The summed E-state index contributed by atoms with van der Waals surface area (Å²) in [5.41, 5.74) is 4.43. The fourth-order valence-corrected chi connectivity index (χ4v) is 4.63. The maximum absolute atomic E-state index is 13.3. The Morgan fingerprint density at radius 2 is 1.72 bits per heavy atom. The second-order valence-electron chi connectivity index (χ2n) is 7.55. The van der Waals surface area contributed by atoms with Crippen LogP contribution in [0.4, 0.5) is 0 Å². The molecule has 0 bridgehead atoms. The van der Waals surface area contributed by atoms with E-state index in [4.69, 9.17) is 9.73 Å². The Hall–Kier alpha value is -2.71. The van der Waals surface area contributed by atoms with Gasteiger partial charge >= 0.3 is 0 Å². The molecule has 0 radical (unpaired) electrons. The van der Waals surface area contributed by atoms with E-state index in [9.17, 15) is 10.1 Å². The summed E-state index contributed by atoms with van der Waals surface area (Å²) >= 11 is 3.46. The molecule has 5 heteroatoms. The van der Waals surface area contributed by atoms with Crippen molar-refractivity contribution >= 4 is 27.4 Å². The zero-order chi connectivity index (χ0) is 20.5. The largest absolute Gasteiger partial charge is 0.497 e. The molecule has 0 fully saturated rings. The van der Waals surface area contributed by atoms with E-state index in [1.165, 1.54) is 0 Å². The number of carbonyl (C=O) groups is 1. The molecule has 0 N–H and O–H groups in total. The number of Topliss-reactive ketones (excluding diaryl/α,β-unsaturated/α-hetero) is 1. The Bertz CT molecular complexity index is 1050. The first-order chi connectivity index (χ1) is 14.0. The van der Waals surface area contributed by atoms with Crippen molar-refractivity contribution in [3.63, 3.8) is 0 Å². The molecule has 3 unspecified atom stereocenters. The van der Waals surface area contributed by atoms with Crippen LogP contribution in [0.3, 0.4) is 0 Å². The zero-order valence-corrected chi connectivity index (χ0v) is 17.9. The van der Waals surface area contributed by atoms with E-state index < -0.39 is 5.92 Å². The Morgan fingerprint density at radius 1 is 1.07 bits per heavy atom. The Balaban J connectivity index is 1.74. The molecule has 1 aliphatic carbocycles. The molecule has 3 atom stereocenters. The molecular weight excluding hydrogens is 428 g/mol. The molecule has 146 valence electrons. The van der Waals surface area contributed by atoms with Crippen LogP contribution < -0.4 is 4.74 Å². The Labute approximate surface area is 179 Å². The number of methoxy groups -OCH3 is 1. The van der Waals surface area contributed by atoms with Crippen molar-refractivity contribution in [2.24, 2.45) is 10.9 Å². The van der Waals surface area contributed by atoms with Crippen molar-refractivity contribution in [2.75, 3.05) is 7.11 Å². The third-order valence-corrected chi connectivity index (χ3v) is 6.37. The third kappa shape index (κ3) is 3.65. The van der Waals surface area contributed by atoms with E-state index in [2.05, 4.69) is 22.0 Å². The monoisotopic (exact) mass is 448 g/mol. The average Bonchev–Trinajstić information content (AvgIpc) is 2.73. The average molecular weight is 449 g/mol. The fraction of sp³-hybridized carbons (Fsp3) is 0.292. The fourth-order valence-electron chi connectivity index (χ4n) is 4.37. The molecule has 0 saturated heterocycles. The molecule has 0 saturated carbocycles. The summed E-state index contributed by atoms with van der Waals surface area (Å²) in [4.78, 5) is 18.0. The number of rotatable bonds is 3. The van der Waals surface area contributed by atoms with Crippen molar-refractivity contribution in [1.82, 2.24) is 0 Å². The Kier molecular flexibility index (Phi) is 5.38. The Morgan fingerprint density at radius 3 is 2.34 bits per heavy atom. The van der Waals surface area contributed by atoms with E-state index in [-0.39, 0.29) is 17.6 Å². The lowest BCUT2D eigenvalue weighted by molar-refractivity contribution is -0.116. The van der Waals surface area contributed by atoms with E-state index in [1.807, 2.05) is 55.5 Å². The molecular formula is C24H21BrN2O2. The first-order valence-corrected chi connectivity index (χ1v) is 10.4. The molecule has 4 nitrogen and oxygen atoms in total. The second-order valence-corrected chi connectivity index (χ2v) is 8.47. The van der Waals surface area contributed by atoms with Gasteiger partial charge in [0.05, 0.1) is 19.1 Å². The van der Waals surface area contributed by atoms with E-state index in [0.29, 0.717) is 18.4 Å². The highest BCUT2D eigenvalue weighted by Crippen LogP contribution is 2.46. The molecule has 0 amide bonds. The topological polar surface area (TPSA) is 62.4 Å². The SMILES string of the molecule is COc1ccc(C2CC(=O)C3=C(C2)N=C(C)C(C#N)C3c2ccc(Br)cc2)cc1. The summed E-state index contributed by atoms with van der Waals surface area (Å²) in [5, 5.41) is 9.82. The van der Waals surface area contributed by atoms with Gasteiger partial charge in [-0.05, 0) is 54.7 Å². The molecule has 4 rings (SSSR count). The predicted molar refractivity (Wildman–Crippen MR) is 116 cm³/mol. The van der Waals surface area contributed by atoms with Crippen LogP contribution in [-0.2, 0) is 4.79 Å². The van der Waals surface area contributed by atoms with E-state index in [0.717, 1.165) is 32.8 Å². The van der Waals surface area contributed by atoms with Gasteiger partial charge < -0.3 is 4.74 Å². The summed E-state index contributed by atoms with van der Waals surface area (Å²) < 4.78 is 6.21. The first-order valence-electron chi connectivity index (χ1n) is 9.62. The van der Waals surface area contributed by atoms with Crippen LogP contribution in [0.15, 0.2) is 69.3 Å². The molecule has 29 heavy (non-hydrogen) atoms. The van der Waals surface area contributed by atoms with Crippen LogP contribution in [0.1, 0.15) is 42.7 Å². The van der Waals surface area contributed by atoms with Gasteiger partial charge in [-0.1, -0.05) is 40.2 Å². The molecule has 2 aromatic carbocycles. The maximum atomic E-state index is 13.3. The van der Waals surface area contributed by atoms with Gasteiger partial charge in [-0.2, -0.15) is 5.26 Å². The lowest BCUT2D eigenvalue weighted by Crippen LogP contribution is -2.32. The lowest BCUT2D eigenvalue weighted by atomic mass is 9.70. The quantitative estimate of drug-likeness (QED) is 0.617. The van der Waals surface area contributed by atoms with Crippen molar-refractivity contribution in [3.05, 3.63) is 75.4 Å². The van der Waals surface area contributed by atoms with Crippen LogP contribution in [0.2, 0.25) is 0 Å². The first kappa shape index (κ1) is 19.6. The van der Waals surface area contributed by atoms with Crippen molar-refractivity contribution in [3.8, 4) is 11.8 Å². The summed E-state index contributed by atoms with van der Waals surface area (Å²) in [6.07, 6.45) is 1.14. The van der Waals surface area contributed by atoms with Crippen LogP contribution in [0.25, 0.3) is 0 Å². The molecule has 1 heterocycles. The number of hydrogen-bond acceptors (Lipinski definition) is 4. The minimum absolute atomic E-state index is 0.0907. The van der Waals surface area contributed by atoms with Gasteiger partial charge in [-0.25, -0.2) is 0 Å². The molecule has 2 aromatic rings. The number of nitrogens with zero attached hydrogens (tertiary/aromatic N) is 2. The molecule has 0 spiro atoms. The summed E-state index contributed by atoms with van der Waals surface area (Å²) in [6.45, 7) is 1.89. The second kappa shape index (κ2) is 7.96. The minimum atomic E-state index is -0.420. The highest BCUT2D eigenvalue weighted by Gasteiger charge is 2.41. The minimum Gasteiger partial charge on any atom is -0.497 e. The smallest absolute Gasteiger partial charge is 0.161 e. The number of hydrogen-bond donors (Lipinski definition) is 0. The number of nitriles is 1. The van der Waals surface area contributed by atoms with Crippen molar-refractivity contribution in [1.29, 1.82) is 5.26 Å². The van der Waals surface area contributed by atoms with Crippen molar-refractivity contribution < 1.29 is 9.53 Å². The number of benzene rings is 2. The summed E-state index contributed by atoms with van der Waals surface area (Å²) in [7, 11) is 1.64. The summed E-state index contributed by atoms with van der Waals surface area (Å²) in [6, 6.07) is 18.2. The highest BCUT2D eigenvalue weighted by atomic mass is 79.9. The third-order valence-electron chi connectivity index (χ3n) is 5.84. The van der Waals surface area contributed by atoms with Crippen LogP contribution in [0.5, 0.6) is 5.75 Å². The molecule has 2 aliphatic rings. The number of ketones is 1. The molecule has 0 aromatic heterocycles. The van der Waals surface area contributed by atoms with Gasteiger partial charge in [0.15, 0.2) is 5.78 Å². The van der Waals surface area contributed by atoms with Gasteiger partial charge in [0.25, 0.3) is 0 Å². The normalized spacial score (nSPS) is 23.9. The van der Waals surface area contributed by atoms with Gasteiger partial charge in [-0.15, -0.1) is 0 Å². The molecule has 1 aliphatic heterocycles. The van der Waals surface area contributed by atoms with E-state index >= 15 is 0 Å². The zero-order valence-electron chi connectivity index (χ0n) is 16.4. The van der Waals surface area contributed by atoms with Gasteiger partial charge in [0.1, 0.15) is 5.75 Å². The van der Waals surface area contributed by atoms with Crippen LogP contribution >= 0.6 is 15.9 Å². The van der Waals surface area contributed by atoms with Crippen LogP contribution in [-0.4, -0.2) is 18.6 Å². The number of halogens is 1. The summed E-state index contributed by atoms with van der Waals surface area (Å²) in [5.74, 6) is 0.306. The highest BCUT2D eigenvalue weighted by molar-refractivity contribution is 9.10. The number of carbonyl (C=O) groups excluding carboxylic acids is 1. The number of aliphatic imine (C=N–C) groups is 1. The number of allylic oxidation sites excluding steroid dienone is 2. The maximum Gasteiger partial charge on any atom is 0.161 e.